The van der Waals surface area contributed by atoms with E-state index < -0.39 is 0 Å². The second-order valence-electron chi connectivity index (χ2n) is 5.44. The van der Waals surface area contributed by atoms with Crippen LogP contribution in [-0.2, 0) is 9.59 Å². The van der Waals surface area contributed by atoms with Gasteiger partial charge in [-0.2, -0.15) is 0 Å². The zero-order valence-corrected chi connectivity index (χ0v) is 15.6. The number of methoxy groups -OCH3 is 1. The van der Waals surface area contributed by atoms with E-state index in [-0.39, 0.29) is 28.9 Å². The van der Waals surface area contributed by atoms with Gasteiger partial charge < -0.3 is 10.1 Å². The van der Waals surface area contributed by atoms with Crippen LogP contribution in [0.15, 0.2) is 40.7 Å². The van der Waals surface area contributed by atoms with E-state index in [0.29, 0.717) is 17.4 Å². The van der Waals surface area contributed by atoms with Gasteiger partial charge in [0.2, 0.25) is 11.8 Å². The molecule has 2 atom stereocenters. The molecule has 2 unspecified atom stereocenters. The summed E-state index contributed by atoms with van der Waals surface area (Å²) in [5, 5.41) is 5.22. The minimum absolute atomic E-state index is 0.0653. The van der Waals surface area contributed by atoms with Crippen LogP contribution in [0.3, 0.4) is 0 Å². The maximum atomic E-state index is 12.5. The van der Waals surface area contributed by atoms with Crippen molar-refractivity contribution in [2.75, 3.05) is 24.7 Å². The van der Waals surface area contributed by atoms with Crippen LogP contribution >= 0.6 is 23.5 Å². The number of amides is 2. The Hall–Kier alpha value is -1.93. The van der Waals surface area contributed by atoms with Gasteiger partial charge in [-0.3, -0.25) is 19.5 Å². The molecule has 3 rings (SSSR count). The van der Waals surface area contributed by atoms with Gasteiger partial charge in [-0.05, 0) is 36.6 Å². The number of nitrogens with zero attached hydrogens (tertiary/aromatic N) is 2. The summed E-state index contributed by atoms with van der Waals surface area (Å²) in [4.78, 5) is 31.0. The molecule has 2 amide bonds. The Labute approximate surface area is 155 Å². The molecule has 0 saturated heterocycles. The summed E-state index contributed by atoms with van der Waals surface area (Å²) in [6.45, 7) is 2.47. The molecule has 6 nitrogen and oxygen atoms in total. The van der Waals surface area contributed by atoms with Gasteiger partial charge in [-0.25, -0.2) is 0 Å². The number of fused-ring (bicyclic) bond motifs is 1. The number of hydrogen-bond donors (Lipinski definition) is 1. The third-order valence-corrected chi connectivity index (χ3v) is 5.91. The highest BCUT2D eigenvalue weighted by atomic mass is 32.2. The largest absolute Gasteiger partial charge is 0.497 e. The molecule has 2 aliphatic heterocycles. The highest BCUT2D eigenvalue weighted by Gasteiger charge is 2.39. The van der Waals surface area contributed by atoms with E-state index in [9.17, 15) is 9.59 Å². The SMILES string of the molecule is CCN1C(=O)C2SC=CC2N=C1SCC(=O)Nc1ccc(OC)cc1. The number of thioether (sulfide) groups is 2. The molecule has 0 aliphatic carbocycles. The normalized spacial score (nSPS) is 21.8. The van der Waals surface area contributed by atoms with E-state index in [0.717, 1.165) is 5.75 Å². The number of carbonyl (C=O) groups is 2. The van der Waals surface area contributed by atoms with E-state index in [1.165, 1.54) is 23.5 Å². The monoisotopic (exact) mass is 377 g/mol. The summed E-state index contributed by atoms with van der Waals surface area (Å²) in [7, 11) is 1.60. The maximum absolute atomic E-state index is 12.5. The Morgan fingerprint density at radius 2 is 2.16 bits per heavy atom. The topological polar surface area (TPSA) is 71.0 Å². The lowest BCUT2D eigenvalue weighted by Gasteiger charge is -2.31. The molecule has 132 valence electrons. The second-order valence-corrected chi connectivity index (χ2v) is 7.43. The number of aliphatic imine (C=N–C) groups is 1. The fourth-order valence-electron chi connectivity index (χ4n) is 2.56. The van der Waals surface area contributed by atoms with Gasteiger partial charge in [0.25, 0.3) is 0 Å². The van der Waals surface area contributed by atoms with Crippen LogP contribution in [0.1, 0.15) is 6.92 Å². The standard InChI is InChI=1S/C17H19N3O3S2/c1-3-20-16(22)15-13(8-9-24-15)19-17(20)25-10-14(21)18-11-4-6-12(23-2)7-5-11/h4-9,13,15H,3,10H2,1-2H3,(H,18,21). The van der Waals surface area contributed by atoms with E-state index in [1.807, 2.05) is 18.4 Å². The van der Waals surface area contributed by atoms with Gasteiger partial charge in [-0.15, -0.1) is 11.8 Å². The van der Waals surface area contributed by atoms with E-state index in [4.69, 9.17) is 4.74 Å². The first-order valence-electron chi connectivity index (χ1n) is 7.90. The molecule has 2 aliphatic rings. The summed E-state index contributed by atoms with van der Waals surface area (Å²) in [5.74, 6) is 0.858. The van der Waals surface area contributed by atoms with Crippen molar-refractivity contribution in [2.24, 2.45) is 4.99 Å². The van der Waals surface area contributed by atoms with Crippen LogP contribution in [0.5, 0.6) is 5.75 Å². The first-order chi connectivity index (χ1) is 12.1. The van der Waals surface area contributed by atoms with Crippen molar-refractivity contribution >= 4 is 46.2 Å². The molecule has 0 saturated carbocycles. The molecule has 25 heavy (non-hydrogen) atoms. The molecule has 2 heterocycles. The lowest BCUT2D eigenvalue weighted by molar-refractivity contribution is -0.127. The first-order valence-corrected chi connectivity index (χ1v) is 9.83. The van der Waals surface area contributed by atoms with Crippen LogP contribution in [0.25, 0.3) is 0 Å². The lowest BCUT2D eigenvalue weighted by atomic mass is 10.1. The summed E-state index contributed by atoms with van der Waals surface area (Å²) < 4.78 is 5.09. The molecule has 1 aromatic rings. The predicted octanol–water partition coefficient (Wildman–Crippen LogP) is 2.58. The van der Waals surface area contributed by atoms with Crippen molar-refractivity contribution in [1.29, 1.82) is 0 Å². The second kappa shape index (κ2) is 7.97. The van der Waals surface area contributed by atoms with Crippen molar-refractivity contribution in [3.8, 4) is 5.75 Å². The number of hydrogen-bond acceptors (Lipinski definition) is 6. The number of rotatable bonds is 5. The molecular formula is C17H19N3O3S2. The van der Waals surface area contributed by atoms with Crippen LogP contribution in [0.4, 0.5) is 5.69 Å². The van der Waals surface area contributed by atoms with Gasteiger partial charge >= 0.3 is 0 Å². The number of ether oxygens (including phenoxy) is 1. The number of nitrogens with one attached hydrogen (secondary N) is 1. The van der Waals surface area contributed by atoms with Crippen LogP contribution in [-0.4, -0.2) is 52.6 Å². The summed E-state index contributed by atoms with van der Waals surface area (Å²) in [5.41, 5.74) is 0.704. The van der Waals surface area contributed by atoms with Gasteiger partial charge in [0.1, 0.15) is 11.0 Å². The summed E-state index contributed by atoms with van der Waals surface area (Å²) >= 11 is 2.80. The lowest BCUT2D eigenvalue weighted by Crippen LogP contribution is -2.48. The fourth-order valence-corrected chi connectivity index (χ4v) is 4.44. The smallest absolute Gasteiger partial charge is 0.244 e. The average Bonchev–Trinajstić information content (AvgIpc) is 3.09. The number of anilines is 1. The van der Waals surface area contributed by atoms with Crippen LogP contribution in [0.2, 0.25) is 0 Å². The minimum atomic E-state index is -0.155. The van der Waals surface area contributed by atoms with E-state index >= 15 is 0 Å². The maximum Gasteiger partial charge on any atom is 0.244 e. The third-order valence-electron chi connectivity index (χ3n) is 3.83. The van der Waals surface area contributed by atoms with Gasteiger partial charge in [0.15, 0.2) is 5.17 Å². The Balaban J connectivity index is 1.60. The molecule has 0 radical (unpaired) electrons. The van der Waals surface area contributed by atoms with E-state index in [1.54, 1.807) is 36.3 Å². The minimum Gasteiger partial charge on any atom is -0.497 e. The highest BCUT2D eigenvalue weighted by molar-refractivity contribution is 8.14. The highest BCUT2D eigenvalue weighted by Crippen LogP contribution is 2.33. The zero-order valence-electron chi connectivity index (χ0n) is 14.0. The molecule has 0 spiro atoms. The van der Waals surface area contributed by atoms with Crippen LogP contribution in [0, 0.1) is 0 Å². The number of carbonyl (C=O) groups excluding carboxylic acids is 2. The Bertz CT molecular complexity index is 718. The molecule has 8 heteroatoms. The van der Waals surface area contributed by atoms with Crippen LogP contribution < -0.4 is 10.1 Å². The fraction of sp³-hybridized carbons (Fsp3) is 0.353. The van der Waals surface area contributed by atoms with Gasteiger partial charge in [0.05, 0.1) is 18.9 Å². The predicted molar refractivity (Wildman–Crippen MR) is 103 cm³/mol. The molecule has 0 bridgehead atoms. The van der Waals surface area contributed by atoms with Gasteiger partial charge in [-0.1, -0.05) is 17.8 Å². The Kier molecular flexibility index (Phi) is 5.70. The van der Waals surface area contributed by atoms with Crippen molar-refractivity contribution in [3.05, 3.63) is 35.7 Å². The summed E-state index contributed by atoms with van der Waals surface area (Å²) in [6.07, 6.45) is 1.94. The Morgan fingerprint density at radius 1 is 1.40 bits per heavy atom. The zero-order chi connectivity index (χ0) is 17.8. The van der Waals surface area contributed by atoms with Crippen molar-refractivity contribution in [2.45, 2.75) is 18.2 Å². The molecule has 1 aromatic carbocycles. The third kappa shape index (κ3) is 4.01. The van der Waals surface area contributed by atoms with E-state index in [2.05, 4.69) is 10.3 Å². The number of amidine groups is 1. The van der Waals surface area contributed by atoms with Gasteiger partial charge in [0, 0.05) is 12.2 Å². The van der Waals surface area contributed by atoms with Crippen molar-refractivity contribution < 1.29 is 14.3 Å². The molecule has 1 N–H and O–H groups in total. The molecular weight excluding hydrogens is 358 g/mol. The quantitative estimate of drug-likeness (QED) is 0.854. The molecule has 0 aromatic heterocycles. The average molecular weight is 377 g/mol. The summed E-state index contributed by atoms with van der Waals surface area (Å²) in [6, 6.07) is 7.03. The Morgan fingerprint density at radius 3 is 2.84 bits per heavy atom. The number of benzene rings is 1. The first kappa shape index (κ1) is 17.9. The molecule has 0 fully saturated rings. The van der Waals surface area contributed by atoms with Crippen molar-refractivity contribution in [1.82, 2.24) is 4.90 Å². The van der Waals surface area contributed by atoms with Crippen molar-refractivity contribution in [3.63, 3.8) is 0 Å².